The Labute approximate surface area is 213 Å². The minimum atomic E-state index is -0.415. The number of nitrogens with zero attached hydrogens (tertiary/aromatic N) is 4. The number of hydrogen-bond acceptors (Lipinski definition) is 6. The number of fused-ring (bicyclic) bond motifs is 1. The molecule has 9 heteroatoms. The van der Waals surface area contributed by atoms with Crippen LogP contribution in [0.2, 0.25) is 0 Å². The van der Waals surface area contributed by atoms with Crippen LogP contribution in [0.3, 0.4) is 0 Å². The van der Waals surface area contributed by atoms with Gasteiger partial charge < -0.3 is 4.74 Å². The lowest BCUT2D eigenvalue weighted by atomic mass is 10.1. The Kier molecular flexibility index (Phi) is 6.67. The van der Waals surface area contributed by atoms with Crippen LogP contribution in [0.25, 0.3) is 22.2 Å². The second-order valence-corrected chi connectivity index (χ2v) is 8.39. The molecule has 2 heterocycles. The van der Waals surface area contributed by atoms with Crippen LogP contribution in [0.4, 0.5) is 5.95 Å². The smallest absolute Gasteiger partial charge is 0.273 e. The molecule has 9 nitrogen and oxygen atoms in total. The molecule has 0 bridgehead atoms. The third-order valence-corrected chi connectivity index (χ3v) is 6.00. The van der Waals surface area contributed by atoms with Gasteiger partial charge in [0.25, 0.3) is 11.5 Å². The topological polar surface area (TPSA) is 103 Å². The van der Waals surface area contributed by atoms with Crippen molar-refractivity contribution >= 4 is 22.8 Å². The molecule has 0 atom stereocenters. The van der Waals surface area contributed by atoms with Crippen molar-refractivity contribution in [3.05, 3.63) is 107 Å². The monoisotopic (exact) mass is 494 g/mol. The fourth-order valence-corrected chi connectivity index (χ4v) is 4.16. The number of ether oxygens (including phenoxy) is 1. The minimum Gasteiger partial charge on any atom is -0.497 e. The van der Waals surface area contributed by atoms with Crippen LogP contribution in [0.5, 0.6) is 5.75 Å². The fourth-order valence-electron chi connectivity index (χ4n) is 4.16. The molecule has 0 fully saturated rings. The van der Waals surface area contributed by atoms with Gasteiger partial charge in [-0.1, -0.05) is 54.6 Å². The maximum absolute atomic E-state index is 13.4. The standard InChI is InChI=1S/C28H26N6O3/c1-3-34-27(36)22-14-7-8-15-24(22)29-28(34)31-30-26(35)23-18-33(17-19-10-5-4-6-11-19)32-25(23)20-12-9-13-21(16-20)37-2/h4-16,18H,3,17H2,1-2H3,(H,29,31)(H,30,35). The average Bonchev–Trinajstić information content (AvgIpc) is 3.36. The molecule has 5 aromatic rings. The number of amides is 1. The van der Waals surface area contributed by atoms with E-state index in [0.717, 1.165) is 11.1 Å². The van der Waals surface area contributed by atoms with Gasteiger partial charge in [-0.15, -0.1) is 0 Å². The number of hydrogen-bond donors (Lipinski definition) is 2. The van der Waals surface area contributed by atoms with E-state index < -0.39 is 5.91 Å². The van der Waals surface area contributed by atoms with Crippen molar-refractivity contribution in [3.63, 3.8) is 0 Å². The first-order valence-corrected chi connectivity index (χ1v) is 11.9. The summed E-state index contributed by atoms with van der Waals surface area (Å²) < 4.78 is 8.58. The second kappa shape index (κ2) is 10.4. The summed E-state index contributed by atoms with van der Waals surface area (Å²) in [6.07, 6.45) is 1.71. The number of carbonyl (C=O) groups is 1. The number of anilines is 1. The highest BCUT2D eigenvalue weighted by molar-refractivity contribution is 6.00. The van der Waals surface area contributed by atoms with Gasteiger partial charge in [-0.05, 0) is 36.8 Å². The maximum atomic E-state index is 13.4. The lowest BCUT2D eigenvalue weighted by Gasteiger charge is -2.14. The predicted molar refractivity (Wildman–Crippen MR) is 143 cm³/mol. The Hall–Kier alpha value is -4.92. The van der Waals surface area contributed by atoms with Crippen molar-refractivity contribution in [2.75, 3.05) is 12.5 Å². The Morgan fingerprint density at radius 2 is 1.78 bits per heavy atom. The van der Waals surface area contributed by atoms with Crippen LogP contribution >= 0.6 is 0 Å². The molecule has 0 aliphatic heterocycles. The summed E-state index contributed by atoms with van der Waals surface area (Å²) in [4.78, 5) is 30.9. The molecule has 0 spiro atoms. The van der Waals surface area contributed by atoms with Crippen LogP contribution in [0.1, 0.15) is 22.8 Å². The van der Waals surface area contributed by atoms with Gasteiger partial charge in [-0.2, -0.15) is 5.10 Å². The number of benzene rings is 3. The van der Waals surface area contributed by atoms with Gasteiger partial charge in [0.2, 0.25) is 5.95 Å². The zero-order valence-corrected chi connectivity index (χ0v) is 20.5. The second-order valence-electron chi connectivity index (χ2n) is 8.39. The molecule has 0 aliphatic carbocycles. The first-order valence-electron chi connectivity index (χ1n) is 11.9. The summed E-state index contributed by atoms with van der Waals surface area (Å²) in [5.74, 6) is 0.494. The highest BCUT2D eigenvalue weighted by Gasteiger charge is 2.20. The van der Waals surface area contributed by atoms with E-state index >= 15 is 0 Å². The van der Waals surface area contributed by atoms with Crippen molar-refractivity contribution in [1.29, 1.82) is 0 Å². The van der Waals surface area contributed by atoms with Crippen molar-refractivity contribution in [2.24, 2.45) is 0 Å². The normalized spacial score (nSPS) is 10.9. The first kappa shape index (κ1) is 23.8. The first-order chi connectivity index (χ1) is 18.1. The summed E-state index contributed by atoms with van der Waals surface area (Å²) >= 11 is 0. The summed E-state index contributed by atoms with van der Waals surface area (Å²) in [6.45, 7) is 2.73. The van der Waals surface area contributed by atoms with Gasteiger partial charge in [0, 0.05) is 18.3 Å². The molecule has 2 N–H and O–H groups in total. The summed E-state index contributed by atoms with van der Waals surface area (Å²) in [5, 5.41) is 5.23. The summed E-state index contributed by atoms with van der Waals surface area (Å²) in [6, 6.07) is 24.4. The Morgan fingerprint density at radius 3 is 2.57 bits per heavy atom. The molecule has 0 radical (unpaired) electrons. The lowest BCUT2D eigenvalue weighted by Crippen LogP contribution is -2.34. The van der Waals surface area contributed by atoms with Crippen LogP contribution in [-0.4, -0.2) is 32.3 Å². The lowest BCUT2D eigenvalue weighted by molar-refractivity contribution is 0.0962. The van der Waals surface area contributed by atoms with Gasteiger partial charge in [0.1, 0.15) is 11.4 Å². The van der Waals surface area contributed by atoms with E-state index in [2.05, 4.69) is 15.8 Å². The van der Waals surface area contributed by atoms with Gasteiger partial charge in [0.05, 0.1) is 30.1 Å². The molecule has 1 amide bonds. The van der Waals surface area contributed by atoms with Crippen molar-refractivity contribution in [1.82, 2.24) is 24.8 Å². The highest BCUT2D eigenvalue weighted by Crippen LogP contribution is 2.26. The highest BCUT2D eigenvalue weighted by atomic mass is 16.5. The number of para-hydroxylation sites is 1. The van der Waals surface area contributed by atoms with E-state index in [0.29, 0.717) is 41.0 Å². The zero-order chi connectivity index (χ0) is 25.8. The molecule has 0 aliphatic rings. The van der Waals surface area contributed by atoms with E-state index in [4.69, 9.17) is 9.84 Å². The quantitative estimate of drug-likeness (QED) is 0.315. The van der Waals surface area contributed by atoms with Gasteiger partial charge in [-0.25, -0.2) is 4.98 Å². The number of nitrogens with one attached hydrogen (secondary N) is 2. The van der Waals surface area contributed by atoms with E-state index in [-0.39, 0.29) is 11.5 Å². The Morgan fingerprint density at radius 1 is 1.00 bits per heavy atom. The Balaban J connectivity index is 1.48. The number of carbonyl (C=O) groups excluding carboxylic acids is 1. The third kappa shape index (κ3) is 4.92. The molecule has 2 aromatic heterocycles. The molecule has 5 rings (SSSR count). The number of methoxy groups -OCH3 is 1. The maximum Gasteiger partial charge on any atom is 0.273 e. The van der Waals surface area contributed by atoms with Crippen molar-refractivity contribution in [3.8, 4) is 17.0 Å². The zero-order valence-electron chi connectivity index (χ0n) is 20.5. The SMILES string of the molecule is CCn1c(NNC(=O)c2cn(Cc3ccccc3)nc2-c2cccc(OC)c2)nc2ccccc2c1=O. The molecule has 0 saturated carbocycles. The van der Waals surface area contributed by atoms with E-state index in [9.17, 15) is 9.59 Å². The third-order valence-electron chi connectivity index (χ3n) is 6.00. The minimum absolute atomic E-state index is 0.183. The molecular weight excluding hydrogens is 468 g/mol. The van der Waals surface area contributed by atoms with Crippen LogP contribution in [0.15, 0.2) is 89.9 Å². The fraction of sp³-hybridized carbons (Fsp3) is 0.143. The van der Waals surface area contributed by atoms with Gasteiger partial charge >= 0.3 is 0 Å². The van der Waals surface area contributed by atoms with Crippen molar-refractivity contribution < 1.29 is 9.53 Å². The number of hydrazine groups is 1. The summed E-state index contributed by atoms with van der Waals surface area (Å²) in [7, 11) is 1.59. The van der Waals surface area contributed by atoms with E-state index in [1.54, 1.807) is 36.2 Å². The van der Waals surface area contributed by atoms with Crippen molar-refractivity contribution in [2.45, 2.75) is 20.0 Å². The predicted octanol–water partition coefficient (Wildman–Crippen LogP) is 4.09. The number of rotatable bonds is 8. The van der Waals surface area contributed by atoms with Gasteiger partial charge in [-0.3, -0.25) is 29.7 Å². The Bertz CT molecular complexity index is 1620. The number of aromatic nitrogens is 4. The molecule has 0 saturated heterocycles. The summed E-state index contributed by atoms with van der Waals surface area (Å²) in [5.41, 5.74) is 8.58. The van der Waals surface area contributed by atoms with E-state index in [1.165, 1.54) is 4.57 Å². The van der Waals surface area contributed by atoms with Crippen LogP contribution in [-0.2, 0) is 13.1 Å². The molecule has 186 valence electrons. The van der Waals surface area contributed by atoms with E-state index in [1.807, 2.05) is 67.6 Å². The molecular formula is C28H26N6O3. The molecule has 37 heavy (non-hydrogen) atoms. The molecule has 0 unspecified atom stereocenters. The largest absolute Gasteiger partial charge is 0.497 e. The average molecular weight is 495 g/mol. The molecule has 3 aromatic carbocycles. The van der Waals surface area contributed by atoms with Crippen LogP contribution in [0, 0.1) is 0 Å². The van der Waals surface area contributed by atoms with Gasteiger partial charge in [0.15, 0.2) is 0 Å². The van der Waals surface area contributed by atoms with Crippen LogP contribution < -0.4 is 21.1 Å².